The molecule has 1 radical (unpaired) electrons. The number of furan rings is 1. The number of hydrogen-bond donors (Lipinski definition) is 0. The first-order valence-electron chi connectivity index (χ1n) is 21.3. The van der Waals surface area contributed by atoms with Crippen molar-refractivity contribution in [3.63, 3.8) is 0 Å². The topological polar surface area (TPSA) is 38.9 Å². The van der Waals surface area contributed by atoms with Crippen LogP contribution in [0.15, 0.2) is 144 Å². The van der Waals surface area contributed by atoms with E-state index >= 15 is 0 Å². The first-order chi connectivity index (χ1) is 28.4. The van der Waals surface area contributed by atoms with Crippen molar-refractivity contribution in [2.75, 3.05) is 0 Å². The summed E-state index contributed by atoms with van der Waals surface area (Å²) in [6.45, 7) is 8.11. The number of rotatable bonds is 8. The Hall–Kier alpha value is -4.93. The van der Waals surface area contributed by atoms with E-state index in [4.69, 9.17) is 14.0 Å². The fourth-order valence-corrected chi connectivity index (χ4v) is 7.69. The number of benzene rings is 5. The molecule has 54 heavy (non-hydrogen) atoms. The molecule has 0 bridgehead atoms. The Balaban J connectivity index is 0.000000201. The molecule has 3 nitrogen and oxygen atoms in total. The molecular formula is C49H46IrN2OSi-2. The summed E-state index contributed by atoms with van der Waals surface area (Å²) < 4.78 is 63.5. The molecule has 0 atom stereocenters. The maximum atomic E-state index is 8.88. The molecule has 8 rings (SSSR count). The maximum absolute atomic E-state index is 8.88. The van der Waals surface area contributed by atoms with Crippen LogP contribution >= 0.6 is 0 Å². The smallest absolute Gasteiger partial charge is 0.121 e. The largest absolute Gasteiger partial charge is 0.501 e. The van der Waals surface area contributed by atoms with Crippen LogP contribution in [0, 0.1) is 24.9 Å². The first-order valence-corrected chi connectivity index (χ1v) is 21.3. The van der Waals surface area contributed by atoms with E-state index in [9.17, 15) is 0 Å². The fourth-order valence-electron chi connectivity index (χ4n) is 6.30. The first kappa shape index (κ1) is 30.4. The van der Waals surface area contributed by atoms with E-state index < -0.39 is 27.7 Å². The molecule has 8 aromatic rings. The second-order valence-corrected chi connectivity index (χ2v) is 19.4. The minimum Gasteiger partial charge on any atom is -0.501 e. The number of hydrogen-bond acceptors (Lipinski definition) is 3. The van der Waals surface area contributed by atoms with Crippen LogP contribution in [-0.4, -0.2) is 18.0 Å². The molecule has 3 aromatic heterocycles. The molecule has 0 unspecified atom stereocenters. The Labute approximate surface area is 344 Å². The van der Waals surface area contributed by atoms with E-state index in [1.54, 1.807) is 48.8 Å². The summed E-state index contributed by atoms with van der Waals surface area (Å²) in [5.41, 5.74) is 8.45. The van der Waals surface area contributed by atoms with Crippen LogP contribution in [0.5, 0.6) is 0 Å². The standard InChI is InChI=1S/C27H22NO.C22H24NSi.Ir/c1-18(2)15-19-13-14-28-25(16-19)24-10-6-9-23-22-12-11-21(17-26(22)29-27(23)24)20-7-4-3-5-8-20;1-17-10-12-19(13-11-17)21-15-20(14-18-8-6-5-7-9-18)22(16-23-21)24(2,3)4;/h3-9,11-14,16-18H,15H2,1-2H3;5-12,15-16H,14H2,1-4H3;/q2*-1;/i15D2;1D3,14D2;. The molecule has 3 heterocycles. The number of nitrogens with zero attached hydrogens (tertiary/aromatic N) is 2. The third-order valence-electron chi connectivity index (χ3n) is 8.87. The Bertz CT molecular complexity index is 2770. The molecule has 0 saturated heterocycles. The van der Waals surface area contributed by atoms with Crippen molar-refractivity contribution in [2.45, 2.75) is 53.1 Å². The summed E-state index contributed by atoms with van der Waals surface area (Å²) in [5, 5.41) is 3.01. The Kier molecular flexibility index (Phi) is 9.59. The molecule has 0 N–H and O–H groups in total. The molecular weight excluding hydrogens is 853 g/mol. The van der Waals surface area contributed by atoms with E-state index in [0.29, 0.717) is 33.6 Å². The van der Waals surface area contributed by atoms with Crippen molar-refractivity contribution < 1.29 is 34.1 Å². The van der Waals surface area contributed by atoms with Gasteiger partial charge in [0, 0.05) is 47.5 Å². The molecule has 0 aliphatic rings. The Morgan fingerprint density at radius 2 is 1.54 bits per heavy atom. The average Bonchev–Trinajstić information content (AvgIpc) is 3.62. The van der Waals surface area contributed by atoms with Gasteiger partial charge in [-0.15, -0.1) is 53.6 Å². The molecule has 5 aromatic carbocycles. The molecule has 273 valence electrons. The Morgan fingerprint density at radius 1 is 0.759 bits per heavy atom. The van der Waals surface area contributed by atoms with E-state index in [1.807, 2.05) is 68.4 Å². The summed E-state index contributed by atoms with van der Waals surface area (Å²) in [6, 6.07) is 45.8. The van der Waals surface area contributed by atoms with Gasteiger partial charge in [0.2, 0.25) is 0 Å². The zero-order valence-electron chi connectivity index (χ0n) is 38.0. The normalized spacial score (nSPS) is 14.0. The van der Waals surface area contributed by atoms with E-state index in [0.717, 1.165) is 43.8 Å². The zero-order valence-corrected chi connectivity index (χ0v) is 34.4. The van der Waals surface area contributed by atoms with Crippen LogP contribution in [0.25, 0.3) is 55.6 Å². The third-order valence-corrected chi connectivity index (χ3v) is 10.9. The van der Waals surface area contributed by atoms with Crippen molar-refractivity contribution >= 4 is 35.2 Å². The fraction of sp³-hybridized carbons (Fsp3) is 0.184. The monoisotopic (exact) mass is 906 g/mol. The second-order valence-electron chi connectivity index (χ2n) is 14.4. The van der Waals surface area contributed by atoms with Gasteiger partial charge >= 0.3 is 0 Å². The molecule has 0 saturated carbocycles. The minimum absolute atomic E-state index is 0. The quantitative estimate of drug-likeness (QED) is 0.113. The van der Waals surface area contributed by atoms with Gasteiger partial charge in [0.15, 0.2) is 0 Å². The van der Waals surface area contributed by atoms with E-state index in [2.05, 4.69) is 72.1 Å². The van der Waals surface area contributed by atoms with Crippen molar-refractivity contribution in [3.05, 3.63) is 174 Å². The number of aromatic nitrogens is 2. The van der Waals surface area contributed by atoms with Crippen molar-refractivity contribution in [1.29, 1.82) is 0 Å². The van der Waals surface area contributed by atoms with Crippen LogP contribution in [0.1, 0.15) is 45.7 Å². The maximum Gasteiger partial charge on any atom is 0.121 e. The summed E-state index contributed by atoms with van der Waals surface area (Å²) in [6.07, 6.45) is 0.328. The summed E-state index contributed by atoms with van der Waals surface area (Å²) in [4.78, 5) is 9.08. The predicted molar refractivity (Wildman–Crippen MR) is 225 cm³/mol. The van der Waals surface area contributed by atoms with Gasteiger partial charge in [-0.3, -0.25) is 0 Å². The van der Waals surface area contributed by atoms with Gasteiger partial charge in [-0.05, 0) is 64.1 Å². The SMILES string of the molecule is [2H]C([2H])([2H])c1c[c-]c(-c2cc(C([2H])([2H])c3ccccc3)c([Si](C)(C)C)cn2)cc1.[2H]C([2H])(c1ccnc(-c2[c-]ccc3c2oc2cc(-c4ccccc4)ccc23)c1)C(C)C.[Ir]. The number of fused-ring (bicyclic) bond motifs is 3. The summed E-state index contributed by atoms with van der Waals surface area (Å²) >= 11 is 0. The van der Waals surface area contributed by atoms with Crippen molar-refractivity contribution in [1.82, 2.24) is 9.97 Å². The predicted octanol–water partition coefficient (Wildman–Crippen LogP) is 12.3. The molecule has 5 heteroatoms. The van der Waals surface area contributed by atoms with Gasteiger partial charge in [0.05, 0.1) is 13.7 Å². The Morgan fingerprint density at radius 3 is 2.24 bits per heavy atom. The van der Waals surface area contributed by atoms with E-state index in [1.165, 1.54) is 6.07 Å². The summed E-state index contributed by atoms with van der Waals surface area (Å²) in [7, 11) is -1.87. The van der Waals surface area contributed by atoms with Crippen molar-refractivity contribution in [3.8, 4) is 33.6 Å². The van der Waals surface area contributed by atoms with Crippen LogP contribution in [0.3, 0.4) is 0 Å². The summed E-state index contributed by atoms with van der Waals surface area (Å²) in [5.74, 6) is -0.148. The van der Waals surface area contributed by atoms with Gasteiger partial charge in [-0.25, -0.2) is 0 Å². The van der Waals surface area contributed by atoms with Gasteiger partial charge in [-0.1, -0.05) is 147 Å². The second kappa shape index (κ2) is 17.0. The van der Waals surface area contributed by atoms with Crippen LogP contribution in [0.4, 0.5) is 0 Å². The minimum atomic E-state index is -2.18. The third kappa shape index (κ3) is 9.05. The van der Waals surface area contributed by atoms with E-state index in [-0.39, 0.29) is 31.6 Å². The van der Waals surface area contributed by atoms with Crippen molar-refractivity contribution in [2.24, 2.45) is 5.92 Å². The van der Waals surface area contributed by atoms with Gasteiger partial charge in [0.25, 0.3) is 0 Å². The van der Waals surface area contributed by atoms with Crippen LogP contribution in [0.2, 0.25) is 19.6 Å². The molecule has 0 aliphatic heterocycles. The molecule has 0 fully saturated rings. The van der Waals surface area contributed by atoms with Gasteiger partial charge in [0.1, 0.15) is 5.58 Å². The zero-order chi connectivity index (χ0) is 43.0. The van der Waals surface area contributed by atoms with Gasteiger partial charge in [-0.2, -0.15) is 0 Å². The molecule has 0 amide bonds. The number of pyridine rings is 2. The number of aryl methyl sites for hydroxylation is 1. The van der Waals surface area contributed by atoms with Crippen LogP contribution in [-0.2, 0) is 32.9 Å². The van der Waals surface area contributed by atoms with Gasteiger partial charge < -0.3 is 14.4 Å². The van der Waals surface area contributed by atoms with Crippen LogP contribution < -0.4 is 5.19 Å². The molecule has 0 aliphatic carbocycles. The average molecular weight is 906 g/mol. The molecule has 0 spiro atoms.